The number of carbonyl (C=O) groups excluding carboxylic acids is 2. The Kier molecular flexibility index (Phi) is 9.68. The maximum absolute atomic E-state index is 13.1. The average molecular weight is 431 g/mol. The Morgan fingerprint density at radius 1 is 1.10 bits per heavy atom. The molecule has 30 heavy (non-hydrogen) atoms. The van der Waals surface area contributed by atoms with Crippen molar-refractivity contribution in [1.82, 2.24) is 10.2 Å². The molecule has 0 fully saturated rings. The Balaban J connectivity index is 2.11. The lowest BCUT2D eigenvalue weighted by Crippen LogP contribution is -2.51. The van der Waals surface area contributed by atoms with Crippen molar-refractivity contribution in [3.05, 3.63) is 65.2 Å². The van der Waals surface area contributed by atoms with E-state index >= 15 is 0 Å². The van der Waals surface area contributed by atoms with E-state index in [9.17, 15) is 9.59 Å². The molecule has 2 rings (SSSR count). The monoisotopic (exact) mass is 430 g/mol. The molecule has 0 radical (unpaired) electrons. The zero-order valence-corrected chi connectivity index (χ0v) is 18.7. The van der Waals surface area contributed by atoms with Crippen LogP contribution >= 0.6 is 11.6 Å². The summed E-state index contributed by atoms with van der Waals surface area (Å²) in [5.41, 5.74) is 1.11. The SMILES string of the molecule is CC[C@@H](C(=O)NCC(C)C)N(CCc1ccccc1)C(=O)COc1cccc(Cl)c1. The van der Waals surface area contributed by atoms with Crippen molar-refractivity contribution in [2.45, 2.75) is 39.7 Å². The molecule has 2 amide bonds. The summed E-state index contributed by atoms with van der Waals surface area (Å²) in [6.45, 7) is 6.87. The molecule has 162 valence electrons. The van der Waals surface area contributed by atoms with Crippen LogP contribution in [0.2, 0.25) is 5.02 Å². The second kappa shape index (κ2) is 12.2. The van der Waals surface area contributed by atoms with E-state index in [-0.39, 0.29) is 18.4 Å². The van der Waals surface area contributed by atoms with Crippen molar-refractivity contribution in [1.29, 1.82) is 0 Å². The summed E-state index contributed by atoms with van der Waals surface area (Å²) in [5.74, 6) is 0.509. The van der Waals surface area contributed by atoms with Gasteiger partial charge in [-0.25, -0.2) is 0 Å². The van der Waals surface area contributed by atoms with Crippen LogP contribution in [0.1, 0.15) is 32.8 Å². The number of carbonyl (C=O) groups is 2. The number of hydrogen-bond donors (Lipinski definition) is 1. The van der Waals surface area contributed by atoms with Crippen LogP contribution < -0.4 is 10.1 Å². The van der Waals surface area contributed by atoms with Gasteiger partial charge in [0.2, 0.25) is 5.91 Å². The van der Waals surface area contributed by atoms with Crippen molar-refractivity contribution in [3.63, 3.8) is 0 Å². The van der Waals surface area contributed by atoms with E-state index < -0.39 is 6.04 Å². The molecule has 6 heteroatoms. The normalized spacial score (nSPS) is 11.8. The van der Waals surface area contributed by atoms with Gasteiger partial charge in [0.1, 0.15) is 11.8 Å². The first-order chi connectivity index (χ1) is 14.4. The van der Waals surface area contributed by atoms with Crippen molar-refractivity contribution in [2.24, 2.45) is 5.92 Å². The van der Waals surface area contributed by atoms with Crippen molar-refractivity contribution >= 4 is 23.4 Å². The zero-order valence-electron chi connectivity index (χ0n) is 17.9. The van der Waals surface area contributed by atoms with Gasteiger partial charge in [-0.1, -0.05) is 68.8 Å². The highest BCUT2D eigenvalue weighted by atomic mass is 35.5. The van der Waals surface area contributed by atoms with E-state index in [0.29, 0.717) is 42.6 Å². The number of hydrogen-bond acceptors (Lipinski definition) is 3. The summed E-state index contributed by atoms with van der Waals surface area (Å²) in [6.07, 6.45) is 1.19. The van der Waals surface area contributed by atoms with Crippen LogP contribution in [0, 0.1) is 5.92 Å². The fourth-order valence-electron chi connectivity index (χ4n) is 3.10. The Bertz CT molecular complexity index is 811. The molecule has 5 nitrogen and oxygen atoms in total. The van der Waals surface area contributed by atoms with Gasteiger partial charge in [0, 0.05) is 18.1 Å². The van der Waals surface area contributed by atoms with Crippen LogP contribution in [0.15, 0.2) is 54.6 Å². The molecular weight excluding hydrogens is 400 g/mol. The van der Waals surface area contributed by atoms with E-state index in [0.717, 1.165) is 5.56 Å². The average Bonchev–Trinajstić information content (AvgIpc) is 2.74. The van der Waals surface area contributed by atoms with Gasteiger partial charge >= 0.3 is 0 Å². The predicted octanol–water partition coefficient (Wildman–Crippen LogP) is 4.34. The number of amides is 2. The quantitative estimate of drug-likeness (QED) is 0.576. The van der Waals surface area contributed by atoms with Gasteiger partial charge in [-0.2, -0.15) is 0 Å². The molecule has 0 aromatic heterocycles. The van der Waals surface area contributed by atoms with Crippen LogP contribution in [0.4, 0.5) is 0 Å². The van der Waals surface area contributed by atoms with E-state index in [1.165, 1.54) is 0 Å². The molecule has 0 heterocycles. The van der Waals surface area contributed by atoms with Crippen LogP contribution in [-0.2, 0) is 16.0 Å². The number of benzene rings is 2. The van der Waals surface area contributed by atoms with Crippen molar-refractivity contribution in [3.8, 4) is 5.75 Å². The molecule has 0 saturated carbocycles. The predicted molar refractivity (Wildman–Crippen MR) is 121 cm³/mol. The summed E-state index contributed by atoms with van der Waals surface area (Å²) in [7, 11) is 0. The number of nitrogens with zero attached hydrogens (tertiary/aromatic N) is 1. The molecule has 0 spiro atoms. The second-order valence-electron chi connectivity index (χ2n) is 7.63. The standard InChI is InChI=1S/C24H31ClN2O3/c1-4-22(24(29)26-16-18(2)3)27(14-13-19-9-6-5-7-10-19)23(28)17-30-21-12-8-11-20(25)15-21/h5-12,15,18,22H,4,13-14,16-17H2,1-3H3,(H,26,29)/t22-/m0/s1. The lowest BCUT2D eigenvalue weighted by atomic mass is 10.1. The zero-order chi connectivity index (χ0) is 21.9. The van der Waals surface area contributed by atoms with Gasteiger partial charge < -0.3 is 15.0 Å². The molecular formula is C24H31ClN2O3. The molecule has 0 unspecified atom stereocenters. The Morgan fingerprint density at radius 2 is 1.83 bits per heavy atom. The Hall–Kier alpha value is -2.53. The number of rotatable bonds is 11. The fourth-order valence-corrected chi connectivity index (χ4v) is 3.28. The first-order valence-electron chi connectivity index (χ1n) is 10.4. The minimum atomic E-state index is -0.539. The molecule has 0 bridgehead atoms. The Morgan fingerprint density at radius 3 is 2.47 bits per heavy atom. The summed E-state index contributed by atoms with van der Waals surface area (Å²) in [4.78, 5) is 27.5. The molecule has 0 aliphatic heterocycles. The number of ether oxygens (including phenoxy) is 1. The maximum Gasteiger partial charge on any atom is 0.261 e. The topological polar surface area (TPSA) is 58.6 Å². The van der Waals surface area contributed by atoms with E-state index in [4.69, 9.17) is 16.3 Å². The van der Waals surface area contributed by atoms with Gasteiger partial charge in [-0.15, -0.1) is 0 Å². The summed E-state index contributed by atoms with van der Waals surface area (Å²) >= 11 is 5.99. The maximum atomic E-state index is 13.1. The largest absolute Gasteiger partial charge is 0.484 e. The summed E-state index contributed by atoms with van der Waals surface area (Å²) in [6, 6.07) is 16.3. The van der Waals surface area contributed by atoms with Gasteiger partial charge in [0.05, 0.1) is 0 Å². The lowest BCUT2D eigenvalue weighted by Gasteiger charge is -2.30. The highest BCUT2D eigenvalue weighted by molar-refractivity contribution is 6.30. The minimum Gasteiger partial charge on any atom is -0.484 e. The molecule has 2 aromatic rings. The minimum absolute atomic E-state index is 0.129. The van der Waals surface area contributed by atoms with Crippen LogP contribution in [0.3, 0.4) is 0 Å². The molecule has 0 aliphatic rings. The summed E-state index contributed by atoms with van der Waals surface area (Å²) < 4.78 is 5.65. The van der Waals surface area contributed by atoms with Gasteiger partial charge in [-0.05, 0) is 42.5 Å². The highest BCUT2D eigenvalue weighted by Crippen LogP contribution is 2.17. The van der Waals surface area contributed by atoms with Gasteiger partial charge in [-0.3, -0.25) is 9.59 Å². The third kappa shape index (κ3) is 7.71. The van der Waals surface area contributed by atoms with Crippen molar-refractivity contribution < 1.29 is 14.3 Å². The molecule has 1 N–H and O–H groups in total. The second-order valence-corrected chi connectivity index (χ2v) is 8.07. The van der Waals surface area contributed by atoms with Gasteiger partial charge in [0.15, 0.2) is 6.61 Å². The first kappa shape index (κ1) is 23.7. The third-order valence-electron chi connectivity index (χ3n) is 4.71. The number of halogens is 1. The van der Waals surface area contributed by atoms with Crippen LogP contribution in [0.5, 0.6) is 5.75 Å². The van der Waals surface area contributed by atoms with Crippen molar-refractivity contribution in [2.75, 3.05) is 19.7 Å². The lowest BCUT2D eigenvalue weighted by molar-refractivity contribution is -0.142. The van der Waals surface area contributed by atoms with E-state index in [1.54, 1.807) is 29.2 Å². The molecule has 2 aromatic carbocycles. The van der Waals surface area contributed by atoms with E-state index in [1.807, 2.05) is 51.1 Å². The van der Waals surface area contributed by atoms with E-state index in [2.05, 4.69) is 5.32 Å². The smallest absolute Gasteiger partial charge is 0.261 e. The number of nitrogens with one attached hydrogen (secondary N) is 1. The summed E-state index contributed by atoms with van der Waals surface area (Å²) in [5, 5.41) is 3.50. The third-order valence-corrected chi connectivity index (χ3v) is 4.95. The molecule has 0 saturated heterocycles. The molecule has 1 atom stereocenters. The van der Waals surface area contributed by atoms with Crippen LogP contribution in [-0.4, -0.2) is 42.5 Å². The van der Waals surface area contributed by atoms with Gasteiger partial charge in [0.25, 0.3) is 5.91 Å². The first-order valence-corrected chi connectivity index (χ1v) is 10.8. The fraction of sp³-hybridized carbons (Fsp3) is 0.417. The highest BCUT2D eigenvalue weighted by Gasteiger charge is 2.28. The molecule has 0 aliphatic carbocycles. The Labute approximate surface area is 184 Å². The van der Waals surface area contributed by atoms with Crippen LogP contribution in [0.25, 0.3) is 0 Å².